The lowest BCUT2D eigenvalue weighted by atomic mass is 9.97. The SMILES string of the molecule is Brc1cnccc1N1CCC(COc2ccncc2)CC1. The molecule has 0 saturated carbocycles. The molecule has 1 aliphatic rings. The molecule has 0 bridgehead atoms. The summed E-state index contributed by atoms with van der Waals surface area (Å²) in [4.78, 5) is 10.5. The van der Waals surface area contributed by atoms with Crippen molar-refractivity contribution in [2.24, 2.45) is 5.92 Å². The summed E-state index contributed by atoms with van der Waals surface area (Å²) in [6, 6.07) is 5.88. The van der Waals surface area contributed by atoms with E-state index in [-0.39, 0.29) is 0 Å². The molecule has 1 fully saturated rings. The van der Waals surface area contributed by atoms with Crippen LogP contribution in [0.2, 0.25) is 0 Å². The molecule has 1 saturated heterocycles. The van der Waals surface area contributed by atoms with Crippen molar-refractivity contribution in [2.75, 3.05) is 24.6 Å². The average Bonchev–Trinajstić information content (AvgIpc) is 2.55. The van der Waals surface area contributed by atoms with Gasteiger partial charge in [-0.2, -0.15) is 0 Å². The van der Waals surface area contributed by atoms with E-state index < -0.39 is 0 Å². The van der Waals surface area contributed by atoms with Crippen LogP contribution in [0.4, 0.5) is 5.69 Å². The average molecular weight is 348 g/mol. The minimum Gasteiger partial charge on any atom is -0.493 e. The lowest BCUT2D eigenvalue weighted by Crippen LogP contribution is -2.35. The van der Waals surface area contributed by atoms with Crippen molar-refractivity contribution < 1.29 is 4.74 Å². The van der Waals surface area contributed by atoms with E-state index in [9.17, 15) is 0 Å². The smallest absolute Gasteiger partial charge is 0.122 e. The Bertz CT molecular complexity index is 571. The summed E-state index contributed by atoms with van der Waals surface area (Å²) in [6.45, 7) is 2.91. The zero-order valence-corrected chi connectivity index (χ0v) is 13.4. The zero-order chi connectivity index (χ0) is 14.5. The summed E-state index contributed by atoms with van der Waals surface area (Å²) in [5, 5.41) is 0. The molecule has 0 aliphatic carbocycles. The van der Waals surface area contributed by atoms with Crippen LogP contribution in [-0.2, 0) is 0 Å². The van der Waals surface area contributed by atoms with Gasteiger partial charge < -0.3 is 9.64 Å². The van der Waals surface area contributed by atoms with E-state index in [0.29, 0.717) is 5.92 Å². The first-order valence-electron chi connectivity index (χ1n) is 7.20. The number of ether oxygens (including phenoxy) is 1. The van der Waals surface area contributed by atoms with Crippen molar-refractivity contribution in [2.45, 2.75) is 12.8 Å². The van der Waals surface area contributed by atoms with Crippen LogP contribution in [0, 0.1) is 5.92 Å². The van der Waals surface area contributed by atoms with Gasteiger partial charge in [0.15, 0.2) is 0 Å². The molecule has 0 spiro atoms. The van der Waals surface area contributed by atoms with Crippen molar-refractivity contribution in [3.8, 4) is 5.75 Å². The number of nitrogens with zero attached hydrogens (tertiary/aromatic N) is 3. The predicted molar refractivity (Wildman–Crippen MR) is 86.6 cm³/mol. The van der Waals surface area contributed by atoms with Crippen molar-refractivity contribution in [1.29, 1.82) is 0 Å². The van der Waals surface area contributed by atoms with Gasteiger partial charge in [0.05, 0.1) is 16.8 Å². The molecule has 1 aliphatic heterocycles. The molecule has 5 heteroatoms. The van der Waals surface area contributed by atoms with E-state index in [1.165, 1.54) is 5.69 Å². The Morgan fingerprint density at radius 3 is 2.52 bits per heavy atom. The number of hydrogen-bond donors (Lipinski definition) is 0. The molecule has 0 amide bonds. The lowest BCUT2D eigenvalue weighted by molar-refractivity contribution is 0.222. The van der Waals surface area contributed by atoms with Gasteiger partial charge in [0, 0.05) is 37.9 Å². The minimum atomic E-state index is 0.620. The third-order valence-electron chi connectivity index (χ3n) is 3.84. The first-order chi connectivity index (χ1) is 10.3. The fourth-order valence-electron chi connectivity index (χ4n) is 2.61. The molecule has 4 nitrogen and oxygen atoms in total. The molecule has 0 aromatic carbocycles. The summed E-state index contributed by atoms with van der Waals surface area (Å²) < 4.78 is 6.90. The first-order valence-corrected chi connectivity index (χ1v) is 7.99. The molecule has 0 radical (unpaired) electrons. The third kappa shape index (κ3) is 3.73. The molecule has 3 heterocycles. The monoisotopic (exact) mass is 347 g/mol. The lowest BCUT2D eigenvalue weighted by Gasteiger charge is -2.33. The summed E-state index contributed by atoms with van der Waals surface area (Å²) in [6.07, 6.45) is 9.53. The number of aromatic nitrogens is 2. The van der Waals surface area contributed by atoms with Crippen molar-refractivity contribution >= 4 is 21.6 Å². The summed E-state index contributed by atoms with van der Waals surface area (Å²) in [5.74, 6) is 1.53. The highest BCUT2D eigenvalue weighted by molar-refractivity contribution is 9.10. The van der Waals surface area contributed by atoms with Gasteiger partial charge in [-0.05, 0) is 52.9 Å². The quantitative estimate of drug-likeness (QED) is 0.847. The normalized spacial score (nSPS) is 16.0. The van der Waals surface area contributed by atoms with E-state index in [1.807, 2.05) is 24.5 Å². The molecule has 21 heavy (non-hydrogen) atoms. The molecule has 0 N–H and O–H groups in total. The second-order valence-electron chi connectivity index (χ2n) is 5.25. The fourth-order valence-corrected chi connectivity index (χ4v) is 3.11. The first kappa shape index (κ1) is 14.3. The van der Waals surface area contributed by atoms with Crippen LogP contribution < -0.4 is 9.64 Å². The topological polar surface area (TPSA) is 38.2 Å². The van der Waals surface area contributed by atoms with Crippen molar-refractivity contribution in [1.82, 2.24) is 9.97 Å². The van der Waals surface area contributed by atoms with Gasteiger partial charge in [0.25, 0.3) is 0 Å². The third-order valence-corrected chi connectivity index (χ3v) is 4.45. The van der Waals surface area contributed by atoms with Crippen LogP contribution in [0.1, 0.15) is 12.8 Å². The summed E-state index contributed by atoms with van der Waals surface area (Å²) in [7, 11) is 0. The maximum absolute atomic E-state index is 5.83. The van der Waals surface area contributed by atoms with Crippen LogP contribution in [0.3, 0.4) is 0 Å². The highest BCUT2D eigenvalue weighted by Gasteiger charge is 2.21. The summed E-state index contributed by atoms with van der Waals surface area (Å²) in [5.41, 5.74) is 1.23. The van der Waals surface area contributed by atoms with Gasteiger partial charge >= 0.3 is 0 Å². The van der Waals surface area contributed by atoms with Crippen LogP contribution in [0.5, 0.6) is 5.75 Å². The number of halogens is 1. The molecule has 2 aromatic heterocycles. The molecule has 3 rings (SSSR count). The maximum Gasteiger partial charge on any atom is 0.122 e. The van der Waals surface area contributed by atoms with Gasteiger partial charge in [-0.3, -0.25) is 9.97 Å². The number of piperidine rings is 1. The molecule has 0 atom stereocenters. The van der Waals surface area contributed by atoms with Crippen LogP contribution in [0.15, 0.2) is 47.5 Å². The molecule has 2 aromatic rings. The van der Waals surface area contributed by atoms with Crippen molar-refractivity contribution in [3.05, 3.63) is 47.5 Å². The standard InChI is InChI=1S/C16H18BrN3O/c17-15-11-19-8-3-16(15)20-9-4-13(5-10-20)12-21-14-1-6-18-7-2-14/h1-3,6-8,11,13H,4-5,9-10,12H2. The fraction of sp³-hybridized carbons (Fsp3) is 0.375. The highest BCUT2D eigenvalue weighted by atomic mass is 79.9. The van der Waals surface area contributed by atoms with Crippen molar-refractivity contribution in [3.63, 3.8) is 0 Å². The molecule has 0 unspecified atom stereocenters. The maximum atomic E-state index is 5.83. The van der Waals surface area contributed by atoms with E-state index in [2.05, 4.69) is 36.9 Å². The molecule has 110 valence electrons. The van der Waals surface area contributed by atoms with Gasteiger partial charge in [-0.1, -0.05) is 0 Å². The molecular weight excluding hydrogens is 330 g/mol. The van der Waals surface area contributed by atoms with Crippen LogP contribution in [0.25, 0.3) is 0 Å². The van der Waals surface area contributed by atoms with Gasteiger partial charge in [0.2, 0.25) is 0 Å². The Morgan fingerprint density at radius 2 is 1.81 bits per heavy atom. The van der Waals surface area contributed by atoms with E-state index in [4.69, 9.17) is 4.74 Å². The van der Waals surface area contributed by atoms with E-state index in [1.54, 1.807) is 12.4 Å². The second kappa shape index (κ2) is 6.89. The second-order valence-corrected chi connectivity index (χ2v) is 6.11. The largest absolute Gasteiger partial charge is 0.493 e. The Hall–Kier alpha value is -1.62. The molecular formula is C16H18BrN3O. The van der Waals surface area contributed by atoms with Crippen LogP contribution >= 0.6 is 15.9 Å². The van der Waals surface area contributed by atoms with E-state index >= 15 is 0 Å². The van der Waals surface area contributed by atoms with Crippen LogP contribution in [-0.4, -0.2) is 29.7 Å². The zero-order valence-electron chi connectivity index (χ0n) is 11.8. The highest BCUT2D eigenvalue weighted by Crippen LogP contribution is 2.29. The Labute approximate surface area is 133 Å². The Morgan fingerprint density at radius 1 is 1.10 bits per heavy atom. The predicted octanol–water partition coefficient (Wildman–Crippen LogP) is 3.53. The Kier molecular flexibility index (Phi) is 4.70. The number of anilines is 1. The van der Waals surface area contributed by atoms with Gasteiger partial charge in [0.1, 0.15) is 5.75 Å². The number of pyridine rings is 2. The minimum absolute atomic E-state index is 0.620. The van der Waals surface area contributed by atoms with Gasteiger partial charge in [-0.25, -0.2) is 0 Å². The van der Waals surface area contributed by atoms with Gasteiger partial charge in [-0.15, -0.1) is 0 Å². The number of hydrogen-bond acceptors (Lipinski definition) is 4. The Balaban J connectivity index is 1.50. The number of rotatable bonds is 4. The van der Waals surface area contributed by atoms with E-state index in [0.717, 1.165) is 42.8 Å². The summed E-state index contributed by atoms with van der Waals surface area (Å²) >= 11 is 3.57.